The zero-order valence-electron chi connectivity index (χ0n) is 10.1. The lowest BCUT2D eigenvalue weighted by atomic mass is 10.1. The monoisotopic (exact) mass is 214 g/mol. The van der Waals surface area contributed by atoms with E-state index < -0.39 is 0 Å². The van der Waals surface area contributed by atoms with Crippen molar-refractivity contribution in [2.45, 2.75) is 33.4 Å². The van der Waals surface area contributed by atoms with Crippen LogP contribution in [-0.4, -0.2) is 11.0 Å². The molecule has 0 fully saturated rings. The Balaban J connectivity index is 2.26. The summed E-state index contributed by atoms with van der Waals surface area (Å²) >= 11 is 0. The number of hydrogen-bond acceptors (Lipinski definition) is 2. The maximum Gasteiger partial charge on any atom is 0.0706 e. The van der Waals surface area contributed by atoms with E-state index in [9.17, 15) is 0 Å². The molecule has 1 heterocycles. The topological polar surface area (TPSA) is 24.9 Å². The van der Waals surface area contributed by atoms with Crippen LogP contribution in [0.1, 0.15) is 25.1 Å². The highest BCUT2D eigenvalue weighted by Crippen LogP contribution is 2.14. The minimum absolute atomic E-state index is 0.496. The summed E-state index contributed by atoms with van der Waals surface area (Å²) in [7, 11) is 0. The largest absolute Gasteiger partial charge is 0.309 e. The molecule has 0 bridgehead atoms. The lowest BCUT2D eigenvalue weighted by Crippen LogP contribution is -2.22. The van der Waals surface area contributed by atoms with E-state index in [0.29, 0.717) is 6.04 Å². The number of aromatic nitrogens is 1. The zero-order valence-corrected chi connectivity index (χ0v) is 10.1. The molecule has 1 aromatic carbocycles. The molecule has 16 heavy (non-hydrogen) atoms. The zero-order chi connectivity index (χ0) is 11.5. The van der Waals surface area contributed by atoms with Crippen molar-refractivity contribution in [3.8, 4) is 0 Å². The van der Waals surface area contributed by atoms with E-state index in [4.69, 9.17) is 0 Å². The Bertz CT molecular complexity index is 489. The molecule has 1 aromatic heterocycles. The SMILES string of the molecule is Cc1ccc2nc(CNC(C)C)ccc2c1. The van der Waals surface area contributed by atoms with E-state index in [1.54, 1.807) is 0 Å². The maximum absolute atomic E-state index is 4.63. The summed E-state index contributed by atoms with van der Waals surface area (Å²) in [5.74, 6) is 0. The van der Waals surface area contributed by atoms with Gasteiger partial charge in [-0.1, -0.05) is 31.5 Å². The number of benzene rings is 1. The molecule has 2 rings (SSSR count). The molecule has 2 heteroatoms. The molecule has 0 atom stereocenters. The van der Waals surface area contributed by atoms with Crippen LogP contribution in [0.25, 0.3) is 10.9 Å². The van der Waals surface area contributed by atoms with E-state index in [-0.39, 0.29) is 0 Å². The summed E-state index contributed by atoms with van der Waals surface area (Å²) in [4.78, 5) is 4.63. The molecule has 0 saturated carbocycles. The van der Waals surface area contributed by atoms with E-state index in [0.717, 1.165) is 17.8 Å². The van der Waals surface area contributed by atoms with Gasteiger partial charge >= 0.3 is 0 Å². The highest BCUT2D eigenvalue weighted by molar-refractivity contribution is 5.79. The molecule has 2 nitrogen and oxygen atoms in total. The molecule has 84 valence electrons. The van der Waals surface area contributed by atoms with Crippen LogP contribution in [0.4, 0.5) is 0 Å². The summed E-state index contributed by atoms with van der Waals surface area (Å²) in [6.45, 7) is 7.23. The van der Waals surface area contributed by atoms with Crippen LogP contribution < -0.4 is 5.32 Å². The van der Waals surface area contributed by atoms with Crippen LogP contribution in [0.15, 0.2) is 30.3 Å². The first kappa shape index (κ1) is 11.1. The fraction of sp³-hybridized carbons (Fsp3) is 0.357. The van der Waals surface area contributed by atoms with E-state index in [1.165, 1.54) is 10.9 Å². The van der Waals surface area contributed by atoms with Gasteiger partial charge in [-0.2, -0.15) is 0 Å². The number of aryl methyl sites for hydroxylation is 1. The van der Waals surface area contributed by atoms with Gasteiger partial charge in [0, 0.05) is 18.0 Å². The minimum atomic E-state index is 0.496. The smallest absolute Gasteiger partial charge is 0.0706 e. The third-order valence-electron chi connectivity index (χ3n) is 2.59. The van der Waals surface area contributed by atoms with Crippen LogP contribution in [0.3, 0.4) is 0 Å². The van der Waals surface area contributed by atoms with Crippen molar-refractivity contribution in [3.05, 3.63) is 41.6 Å². The summed E-state index contributed by atoms with van der Waals surface area (Å²) in [6.07, 6.45) is 0. The number of hydrogen-bond donors (Lipinski definition) is 1. The lowest BCUT2D eigenvalue weighted by molar-refractivity contribution is 0.582. The first-order valence-corrected chi connectivity index (χ1v) is 5.75. The van der Waals surface area contributed by atoms with Crippen molar-refractivity contribution in [1.29, 1.82) is 0 Å². The van der Waals surface area contributed by atoms with Crippen molar-refractivity contribution < 1.29 is 0 Å². The molecule has 0 unspecified atom stereocenters. The predicted octanol–water partition coefficient (Wildman–Crippen LogP) is 3.04. The molecule has 0 aliphatic rings. The van der Waals surface area contributed by atoms with Crippen LogP contribution in [0.5, 0.6) is 0 Å². The standard InChI is InChI=1S/C14H18N2/c1-10(2)15-9-13-6-5-12-8-11(3)4-7-14(12)16-13/h4-8,10,15H,9H2,1-3H3. The molecular weight excluding hydrogens is 196 g/mol. The van der Waals surface area contributed by atoms with Crippen LogP contribution in [-0.2, 0) is 6.54 Å². The summed E-state index contributed by atoms with van der Waals surface area (Å²) in [5.41, 5.74) is 3.46. The van der Waals surface area contributed by atoms with Crippen molar-refractivity contribution in [2.24, 2.45) is 0 Å². The second-order valence-corrected chi connectivity index (χ2v) is 4.53. The average molecular weight is 214 g/mol. The van der Waals surface area contributed by atoms with Crippen molar-refractivity contribution >= 4 is 10.9 Å². The molecule has 1 N–H and O–H groups in total. The van der Waals surface area contributed by atoms with Gasteiger partial charge in [-0.15, -0.1) is 0 Å². The summed E-state index contributed by atoms with van der Waals surface area (Å²) < 4.78 is 0. The number of nitrogens with one attached hydrogen (secondary N) is 1. The number of pyridine rings is 1. The number of rotatable bonds is 3. The predicted molar refractivity (Wildman–Crippen MR) is 68.5 cm³/mol. The quantitative estimate of drug-likeness (QED) is 0.849. The van der Waals surface area contributed by atoms with Gasteiger partial charge < -0.3 is 5.32 Å². The minimum Gasteiger partial charge on any atom is -0.309 e. The van der Waals surface area contributed by atoms with Gasteiger partial charge in [0.05, 0.1) is 11.2 Å². The number of fused-ring (bicyclic) bond motifs is 1. The summed E-state index contributed by atoms with van der Waals surface area (Å²) in [6, 6.07) is 11.1. The third-order valence-corrected chi connectivity index (χ3v) is 2.59. The van der Waals surface area contributed by atoms with Gasteiger partial charge in [0.25, 0.3) is 0 Å². The Hall–Kier alpha value is -1.41. The van der Waals surface area contributed by atoms with Crippen LogP contribution in [0.2, 0.25) is 0 Å². The molecule has 0 radical (unpaired) electrons. The van der Waals surface area contributed by atoms with Crippen molar-refractivity contribution in [1.82, 2.24) is 10.3 Å². The molecule has 0 spiro atoms. The molecule has 0 aliphatic heterocycles. The molecular formula is C14H18N2. The van der Waals surface area contributed by atoms with Gasteiger partial charge in [0.15, 0.2) is 0 Å². The average Bonchev–Trinajstić information content (AvgIpc) is 2.26. The first-order chi connectivity index (χ1) is 7.65. The van der Waals surface area contributed by atoms with Gasteiger partial charge in [0.2, 0.25) is 0 Å². The third kappa shape index (κ3) is 2.58. The Morgan fingerprint density at radius 2 is 2.00 bits per heavy atom. The Morgan fingerprint density at radius 1 is 1.19 bits per heavy atom. The Labute approximate surface area is 96.7 Å². The summed E-state index contributed by atoms with van der Waals surface area (Å²) in [5, 5.41) is 4.59. The second kappa shape index (κ2) is 4.62. The Morgan fingerprint density at radius 3 is 2.75 bits per heavy atom. The molecule has 0 saturated heterocycles. The van der Waals surface area contributed by atoms with Crippen molar-refractivity contribution in [3.63, 3.8) is 0 Å². The number of nitrogens with zero attached hydrogens (tertiary/aromatic N) is 1. The van der Waals surface area contributed by atoms with Gasteiger partial charge in [0.1, 0.15) is 0 Å². The first-order valence-electron chi connectivity index (χ1n) is 5.75. The fourth-order valence-electron chi connectivity index (χ4n) is 1.69. The van der Waals surface area contributed by atoms with E-state index in [2.05, 4.69) is 61.4 Å². The van der Waals surface area contributed by atoms with Gasteiger partial charge in [-0.25, -0.2) is 0 Å². The fourth-order valence-corrected chi connectivity index (χ4v) is 1.69. The molecule has 0 amide bonds. The van der Waals surface area contributed by atoms with E-state index >= 15 is 0 Å². The second-order valence-electron chi connectivity index (χ2n) is 4.53. The highest BCUT2D eigenvalue weighted by atomic mass is 14.9. The van der Waals surface area contributed by atoms with Gasteiger partial charge in [-0.05, 0) is 25.1 Å². The molecule has 2 aromatic rings. The maximum atomic E-state index is 4.63. The highest BCUT2D eigenvalue weighted by Gasteiger charge is 1.99. The van der Waals surface area contributed by atoms with E-state index in [1.807, 2.05) is 0 Å². The Kier molecular flexibility index (Phi) is 3.20. The lowest BCUT2D eigenvalue weighted by Gasteiger charge is -2.08. The van der Waals surface area contributed by atoms with Gasteiger partial charge in [-0.3, -0.25) is 4.98 Å². The normalized spacial score (nSPS) is 11.2. The van der Waals surface area contributed by atoms with Crippen LogP contribution >= 0.6 is 0 Å². The molecule has 0 aliphatic carbocycles. The van der Waals surface area contributed by atoms with Crippen LogP contribution in [0, 0.1) is 6.92 Å². The van der Waals surface area contributed by atoms with Crippen molar-refractivity contribution in [2.75, 3.05) is 0 Å².